The van der Waals surface area contributed by atoms with Crippen molar-refractivity contribution in [2.24, 2.45) is 0 Å². The molecule has 6 heteroatoms. The van der Waals surface area contributed by atoms with Gasteiger partial charge in [-0.2, -0.15) is 0 Å². The first-order valence-electron chi connectivity index (χ1n) is 6.32. The van der Waals surface area contributed by atoms with E-state index in [1.165, 1.54) is 0 Å². The summed E-state index contributed by atoms with van der Waals surface area (Å²) in [5, 5.41) is 12.0. The van der Waals surface area contributed by atoms with Gasteiger partial charge in [0.25, 0.3) is 5.91 Å². The van der Waals surface area contributed by atoms with Crippen LogP contribution in [0, 0.1) is 6.92 Å². The smallest absolute Gasteiger partial charge is 0.254 e. The molecular weight excluding hydrogens is 246 g/mol. The zero-order valence-corrected chi connectivity index (χ0v) is 11.2. The van der Waals surface area contributed by atoms with Crippen LogP contribution in [0.5, 0.6) is 0 Å². The van der Waals surface area contributed by atoms with Crippen LogP contribution in [-0.4, -0.2) is 60.4 Å². The fraction of sp³-hybridized carbons (Fsp3) is 0.538. The molecule has 1 aliphatic heterocycles. The molecule has 0 aromatic carbocycles. The number of amides is 1. The summed E-state index contributed by atoms with van der Waals surface area (Å²) in [4.78, 5) is 18.4. The van der Waals surface area contributed by atoms with Gasteiger partial charge >= 0.3 is 0 Å². The first-order valence-corrected chi connectivity index (χ1v) is 6.32. The van der Waals surface area contributed by atoms with Gasteiger partial charge in [0.15, 0.2) is 0 Å². The number of ether oxygens (including phenoxy) is 1. The molecule has 0 aliphatic carbocycles. The maximum absolute atomic E-state index is 12.4. The average molecular weight is 265 g/mol. The number of hydrogen-bond acceptors (Lipinski definition) is 5. The summed E-state index contributed by atoms with van der Waals surface area (Å²) in [5.74, 6) is 0.624. The standard InChI is InChI=1S/C13H19N3O3/c1-9-5-10(6-12(14-2)15-9)13(18)16-3-4-19-11(7-16)8-17/h5-6,11,17H,3-4,7-8H2,1-2H3,(H,14,15). The molecule has 2 rings (SSSR count). The molecule has 1 aliphatic rings. The summed E-state index contributed by atoms with van der Waals surface area (Å²) < 4.78 is 5.34. The normalized spacial score (nSPS) is 19.3. The number of carbonyl (C=O) groups excluding carboxylic acids is 1. The van der Waals surface area contributed by atoms with Crippen LogP contribution in [0.2, 0.25) is 0 Å². The quantitative estimate of drug-likeness (QED) is 0.820. The minimum absolute atomic E-state index is 0.0521. The Bertz CT molecular complexity index is 464. The van der Waals surface area contributed by atoms with Crippen LogP contribution in [0.1, 0.15) is 16.1 Å². The number of hydrogen-bond donors (Lipinski definition) is 2. The number of aromatic nitrogens is 1. The number of nitrogens with one attached hydrogen (secondary N) is 1. The van der Waals surface area contributed by atoms with Crippen LogP contribution in [-0.2, 0) is 4.74 Å². The molecule has 1 saturated heterocycles. The largest absolute Gasteiger partial charge is 0.394 e. The van der Waals surface area contributed by atoms with E-state index in [-0.39, 0.29) is 18.6 Å². The molecule has 0 spiro atoms. The Balaban J connectivity index is 2.16. The van der Waals surface area contributed by atoms with Crippen molar-refractivity contribution in [1.29, 1.82) is 0 Å². The Morgan fingerprint density at radius 2 is 2.42 bits per heavy atom. The third-order valence-corrected chi connectivity index (χ3v) is 3.09. The molecule has 0 saturated carbocycles. The molecule has 19 heavy (non-hydrogen) atoms. The number of carbonyl (C=O) groups is 1. The van der Waals surface area contributed by atoms with Gasteiger partial charge < -0.3 is 20.1 Å². The molecule has 2 heterocycles. The van der Waals surface area contributed by atoms with Crippen molar-refractivity contribution in [1.82, 2.24) is 9.88 Å². The number of morpholine rings is 1. The molecule has 1 aromatic rings. The van der Waals surface area contributed by atoms with Crippen LogP contribution in [0.3, 0.4) is 0 Å². The highest BCUT2D eigenvalue weighted by Crippen LogP contribution is 2.14. The van der Waals surface area contributed by atoms with Gasteiger partial charge in [0, 0.05) is 31.4 Å². The van der Waals surface area contributed by atoms with Crippen LogP contribution in [0.4, 0.5) is 5.82 Å². The minimum atomic E-state index is -0.288. The number of nitrogens with zero attached hydrogens (tertiary/aromatic N) is 2. The predicted octanol–water partition coefficient (Wildman–Crippen LogP) is 0.265. The van der Waals surface area contributed by atoms with Crippen LogP contribution in [0.15, 0.2) is 12.1 Å². The number of rotatable bonds is 3. The topological polar surface area (TPSA) is 74.7 Å². The highest BCUT2D eigenvalue weighted by Gasteiger charge is 2.24. The zero-order valence-electron chi connectivity index (χ0n) is 11.2. The van der Waals surface area contributed by atoms with Crippen LogP contribution in [0.25, 0.3) is 0 Å². The highest BCUT2D eigenvalue weighted by molar-refractivity contribution is 5.95. The van der Waals surface area contributed by atoms with Crippen molar-refractivity contribution < 1.29 is 14.6 Å². The van der Waals surface area contributed by atoms with E-state index in [1.54, 1.807) is 24.1 Å². The summed E-state index contributed by atoms with van der Waals surface area (Å²) in [6.07, 6.45) is -0.288. The maximum atomic E-state index is 12.4. The van der Waals surface area contributed by atoms with Crippen molar-refractivity contribution in [3.8, 4) is 0 Å². The Morgan fingerprint density at radius 3 is 3.11 bits per heavy atom. The molecule has 1 atom stereocenters. The number of pyridine rings is 1. The van der Waals surface area contributed by atoms with Gasteiger partial charge in [0.1, 0.15) is 5.82 Å². The van der Waals surface area contributed by atoms with Crippen molar-refractivity contribution in [2.45, 2.75) is 13.0 Å². The summed E-state index contributed by atoms with van der Waals surface area (Å²) in [6.45, 7) is 3.21. The van der Waals surface area contributed by atoms with E-state index in [0.29, 0.717) is 31.1 Å². The number of aryl methyl sites for hydroxylation is 1. The molecule has 1 fully saturated rings. The second kappa shape index (κ2) is 5.99. The molecule has 1 aromatic heterocycles. The highest BCUT2D eigenvalue weighted by atomic mass is 16.5. The van der Waals surface area contributed by atoms with Gasteiger partial charge in [-0.25, -0.2) is 4.98 Å². The molecule has 6 nitrogen and oxygen atoms in total. The molecule has 0 bridgehead atoms. The lowest BCUT2D eigenvalue weighted by atomic mass is 10.1. The molecule has 104 valence electrons. The Kier molecular flexibility index (Phi) is 4.34. The van der Waals surface area contributed by atoms with Crippen molar-refractivity contribution in [2.75, 3.05) is 38.7 Å². The second-order valence-corrected chi connectivity index (χ2v) is 4.56. The minimum Gasteiger partial charge on any atom is -0.394 e. The predicted molar refractivity (Wildman–Crippen MR) is 71.3 cm³/mol. The van der Waals surface area contributed by atoms with E-state index >= 15 is 0 Å². The van der Waals surface area contributed by atoms with Gasteiger partial charge in [-0.15, -0.1) is 0 Å². The van der Waals surface area contributed by atoms with E-state index in [4.69, 9.17) is 9.84 Å². The van der Waals surface area contributed by atoms with E-state index in [0.717, 1.165) is 5.69 Å². The van der Waals surface area contributed by atoms with Crippen LogP contribution < -0.4 is 5.32 Å². The van der Waals surface area contributed by atoms with Gasteiger partial charge in [0.2, 0.25) is 0 Å². The first-order chi connectivity index (χ1) is 9.13. The van der Waals surface area contributed by atoms with Crippen molar-refractivity contribution in [3.63, 3.8) is 0 Å². The third kappa shape index (κ3) is 3.21. The van der Waals surface area contributed by atoms with Crippen molar-refractivity contribution in [3.05, 3.63) is 23.4 Å². The first kappa shape index (κ1) is 13.8. The summed E-state index contributed by atoms with van der Waals surface area (Å²) >= 11 is 0. The Morgan fingerprint density at radius 1 is 1.63 bits per heavy atom. The summed E-state index contributed by atoms with van der Waals surface area (Å²) in [5.41, 5.74) is 1.40. The summed E-state index contributed by atoms with van der Waals surface area (Å²) in [7, 11) is 1.77. The van der Waals surface area contributed by atoms with E-state index in [9.17, 15) is 4.79 Å². The molecule has 0 radical (unpaired) electrons. The molecule has 2 N–H and O–H groups in total. The SMILES string of the molecule is CNc1cc(C(=O)N2CCOC(CO)C2)cc(C)n1. The van der Waals surface area contributed by atoms with Gasteiger partial charge in [-0.05, 0) is 19.1 Å². The fourth-order valence-corrected chi connectivity index (χ4v) is 2.12. The average Bonchev–Trinajstić information content (AvgIpc) is 2.45. The number of aliphatic hydroxyl groups excluding tert-OH is 1. The van der Waals surface area contributed by atoms with Crippen LogP contribution >= 0.6 is 0 Å². The third-order valence-electron chi connectivity index (χ3n) is 3.09. The fourth-order valence-electron chi connectivity index (χ4n) is 2.12. The molecule has 1 amide bonds. The Hall–Kier alpha value is -1.66. The van der Waals surface area contributed by atoms with Gasteiger partial charge in [0.05, 0.1) is 19.3 Å². The number of aliphatic hydroxyl groups is 1. The van der Waals surface area contributed by atoms with E-state index in [1.807, 2.05) is 6.92 Å². The molecular formula is C13H19N3O3. The zero-order chi connectivity index (χ0) is 13.8. The van der Waals surface area contributed by atoms with Gasteiger partial charge in [-0.1, -0.05) is 0 Å². The monoisotopic (exact) mass is 265 g/mol. The summed E-state index contributed by atoms with van der Waals surface area (Å²) in [6, 6.07) is 3.51. The lowest BCUT2D eigenvalue weighted by Crippen LogP contribution is -2.46. The maximum Gasteiger partial charge on any atom is 0.254 e. The number of anilines is 1. The van der Waals surface area contributed by atoms with E-state index < -0.39 is 0 Å². The lowest BCUT2D eigenvalue weighted by molar-refractivity contribution is -0.0447. The lowest BCUT2D eigenvalue weighted by Gasteiger charge is -2.32. The van der Waals surface area contributed by atoms with Crippen molar-refractivity contribution >= 4 is 11.7 Å². The van der Waals surface area contributed by atoms with Gasteiger partial charge in [-0.3, -0.25) is 4.79 Å². The second-order valence-electron chi connectivity index (χ2n) is 4.56. The van der Waals surface area contributed by atoms with E-state index in [2.05, 4.69) is 10.3 Å². The Labute approximate surface area is 112 Å². The molecule has 1 unspecified atom stereocenters.